The summed E-state index contributed by atoms with van der Waals surface area (Å²) in [5, 5.41) is 9.18. The number of hydrogen-bond donors (Lipinski definition) is 1. The fraction of sp³-hybridized carbons (Fsp3) is 0.500. The monoisotopic (exact) mass is 255 g/mol. The van der Waals surface area contributed by atoms with Crippen LogP contribution >= 0.6 is 0 Å². The van der Waals surface area contributed by atoms with E-state index in [1.54, 1.807) is 4.31 Å². The summed E-state index contributed by atoms with van der Waals surface area (Å²) < 4.78 is 26.4. The Bertz CT molecular complexity index is 505. The SMILES string of the molecule is CC1(C)CCCN1S(=O)(=O)c1ccc(O)cc1. The summed E-state index contributed by atoms with van der Waals surface area (Å²) in [6.45, 7) is 4.45. The summed E-state index contributed by atoms with van der Waals surface area (Å²) in [6, 6.07) is 5.68. The topological polar surface area (TPSA) is 57.6 Å². The third-order valence-corrected chi connectivity index (χ3v) is 5.37. The molecule has 1 aromatic rings. The lowest BCUT2D eigenvalue weighted by atomic mass is 10.0. The summed E-state index contributed by atoms with van der Waals surface area (Å²) in [5.41, 5.74) is -0.323. The second-order valence-electron chi connectivity index (χ2n) is 4.99. The number of benzene rings is 1. The average Bonchev–Trinajstić information content (AvgIpc) is 2.59. The van der Waals surface area contributed by atoms with Crippen molar-refractivity contribution in [3.63, 3.8) is 0 Å². The maximum Gasteiger partial charge on any atom is 0.243 e. The molecule has 0 amide bonds. The molecule has 5 heteroatoms. The molecule has 17 heavy (non-hydrogen) atoms. The second-order valence-corrected chi connectivity index (χ2v) is 6.85. The first-order valence-corrected chi connectivity index (χ1v) is 7.10. The van der Waals surface area contributed by atoms with Gasteiger partial charge in [0.25, 0.3) is 0 Å². The number of phenols is 1. The van der Waals surface area contributed by atoms with Crippen molar-refractivity contribution in [2.45, 2.75) is 37.1 Å². The zero-order valence-corrected chi connectivity index (χ0v) is 10.9. The third-order valence-electron chi connectivity index (χ3n) is 3.25. The molecule has 1 N–H and O–H groups in total. The minimum atomic E-state index is -3.44. The van der Waals surface area contributed by atoms with E-state index in [0.29, 0.717) is 6.54 Å². The fourth-order valence-electron chi connectivity index (χ4n) is 2.27. The van der Waals surface area contributed by atoms with Gasteiger partial charge in [0.2, 0.25) is 10.0 Å². The Morgan fingerprint density at radius 2 is 1.82 bits per heavy atom. The van der Waals surface area contributed by atoms with Crippen molar-refractivity contribution in [3.8, 4) is 5.75 Å². The quantitative estimate of drug-likeness (QED) is 0.878. The molecule has 94 valence electrons. The lowest BCUT2D eigenvalue weighted by Crippen LogP contribution is -2.42. The lowest BCUT2D eigenvalue weighted by molar-refractivity contribution is 0.291. The van der Waals surface area contributed by atoms with Crippen molar-refractivity contribution in [3.05, 3.63) is 24.3 Å². The molecule has 1 aliphatic heterocycles. The standard InChI is InChI=1S/C12H17NO3S/c1-12(2)8-3-9-13(12)17(15,16)11-6-4-10(14)5-7-11/h4-7,14H,3,8-9H2,1-2H3. The van der Waals surface area contributed by atoms with Gasteiger partial charge in [-0.1, -0.05) is 0 Å². The predicted molar refractivity (Wildman–Crippen MR) is 65.3 cm³/mol. The zero-order chi connectivity index (χ0) is 12.7. The van der Waals surface area contributed by atoms with Crippen LogP contribution in [0.1, 0.15) is 26.7 Å². The molecular formula is C12H17NO3S. The number of nitrogens with zero attached hydrogens (tertiary/aromatic N) is 1. The van der Waals surface area contributed by atoms with Crippen molar-refractivity contribution < 1.29 is 13.5 Å². The van der Waals surface area contributed by atoms with E-state index in [4.69, 9.17) is 0 Å². The highest BCUT2D eigenvalue weighted by Crippen LogP contribution is 2.34. The van der Waals surface area contributed by atoms with Crippen molar-refractivity contribution in [1.82, 2.24) is 4.31 Å². The van der Waals surface area contributed by atoms with Crippen LogP contribution in [0.2, 0.25) is 0 Å². The molecule has 0 saturated carbocycles. The highest BCUT2D eigenvalue weighted by Gasteiger charge is 2.40. The molecule has 0 spiro atoms. The number of rotatable bonds is 2. The van der Waals surface area contributed by atoms with Crippen LogP contribution in [0.4, 0.5) is 0 Å². The fourth-order valence-corrected chi connectivity index (χ4v) is 4.12. The number of aromatic hydroxyl groups is 1. The second kappa shape index (κ2) is 3.99. The van der Waals surface area contributed by atoms with Crippen LogP contribution in [-0.4, -0.2) is 29.9 Å². The largest absolute Gasteiger partial charge is 0.508 e. The molecule has 1 saturated heterocycles. The molecule has 4 nitrogen and oxygen atoms in total. The van der Waals surface area contributed by atoms with Gasteiger partial charge in [0.15, 0.2) is 0 Å². The minimum absolute atomic E-state index is 0.0737. The van der Waals surface area contributed by atoms with Gasteiger partial charge in [-0.25, -0.2) is 8.42 Å². The van der Waals surface area contributed by atoms with E-state index in [9.17, 15) is 13.5 Å². The first kappa shape index (κ1) is 12.4. The van der Waals surface area contributed by atoms with Gasteiger partial charge >= 0.3 is 0 Å². The Hall–Kier alpha value is -1.07. The molecule has 0 atom stereocenters. The molecule has 1 fully saturated rings. The van der Waals surface area contributed by atoms with Gasteiger partial charge in [0, 0.05) is 12.1 Å². The van der Waals surface area contributed by atoms with E-state index in [1.165, 1.54) is 24.3 Å². The predicted octanol–water partition coefficient (Wildman–Crippen LogP) is 1.96. The summed E-state index contributed by atoms with van der Waals surface area (Å²) >= 11 is 0. The number of hydrogen-bond acceptors (Lipinski definition) is 3. The van der Waals surface area contributed by atoms with Gasteiger partial charge < -0.3 is 5.11 Å². The van der Waals surface area contributed by atoms with Gasteiger partial charge in [-0.3, -0.25) is 0 Å². The molecule has 1 aromatic carbocycles. The summed E-state index contributed by atoms with van der Waals surface area (Å²) in [6.07, 6.45) is 1.77. The van der Waals surface area contributed by atoms with E-state index in [2.05, 4.69) is 0 Å². The van der Waals surface area contributed by atoms with Crippen LogP contribution in [0.25, 0.3) is 0 Å². The van der Waals surface area contributed by atoms with Crippen molar-refractivity contribution in [1.29, 1.82) is 0 Å². The van der Waals surface area contributed by atoms with Gasteiger partial charge in [-0.15, -0.1) is 0 Å². The Labute approximate surface area is 102 Å². The average molecular weight is 255 g/mol. The molecular weight excluding hydrogens is 238 g/mol. The van der Waals surface area contributed by atoms with Crippen LogP contribution in [0, 0.1) is 0 Å². The van der Waals surface area contributed by atoms with Crippen LogP contribution in [-0.2, 0) is 10.0 Å². The Morgan fingerprint density at radius 3 is 2.29 bits per heavy atom. The molecule has 0 unspecified atom stereocenters. The summed E-state index contributed by atoms with van der Waals surface area (Å²) in [4.78, 5) is 0.241. The Morgan fingerprint density at radius 1 is 1.24 bits per heavy atom. The summed E-state index contributed by atoms with van der Waals surface area (Å²) in [7, 11) is -3.44. The van der Waals surface area contributed by atoms with Gasteiger partial charge in [-0.2, -0.15) is 4.31 Å². The van der Waals surface area contributed by atoms with Gasteiger partial charge in [0.05, 0.1) is 4.90 Å². The van der Waals surface area contributed by atoms with Crippen molar-refractivity contribution in [2.75, 3.05) is 6.54 Å². The van der Waals surface area contributed by atoms with Crippen LogP contribution < -0.4 is 0 Å². The molecule has 1 aliphatic rings. The lowest BCUT2D eigenvalue weighted by Gasteiger charge is -2.30. The molecule has 0 aliphatic carbocycles. The van der Waals surface area contributed by atoms with E-state index >= 15 is 0 Å². The maximum atomic E-state index is 12.4. The first-order chi connectivity index (χ1) is 7.84. The third kappa shape index (κ3) is 2.17. The van der Waals surface area contributed by atoms with E-state index in [0.717, 1.165) is 12.8 Å². The normalized spacial score (nSPS) is 20.6. The number of phenolic OH excluding ortho intramolecular Hbond substituents is 1. The summed E-state index contributed by atoms with van der Waals surface area (Å²) in [5.74, 6) is 0.0737. The van der Waals surface area contributed by atoms with Gasteiger partial charge in [0.1, 0.15) is 5.75 Å². The van der Waals surface area contributed by atoms with E-state index in [-0.39, 0.29) is 16.2 Å². The molecule has 0 radical (unpaired) electrons. The van der Waals surface area contributed by atoms with Crippen molar-refractivity contribution >= 4 is 10.0 Å². The molecule has 0 aromatic heterocycles. The molecule has 1 heterocycles. The molecule has 2 rings (SSSR count). The zero-order valence-electron chi connectivity index (χ0n) is 10.0. The minimum Gasteiger partial charge on any atom is -0.508 e. The van der Waals surface area contributed by atoms with E-state index < -0.39 is 10.0 Å². The van der Waals surface area contributed by atoms with Crippen LogP contribution in [0.5, 0.6) is 5.75 Å². The van der Waals surface area contributed by atoms with E-state index in [1.807, 2.05) is 13.8 Å². The smallest absolute Gasteiger partial charge is 0.243 e. The number of sulfonamides is 1. The highest BCUT2D eigenvalue weighted by atomic mass is 32.2. The Balaban J connectivity index is 2.40. The molecule has 0 bridgehead atoms. The van der Waals surface area contributed by atoms with Crippen LogP contribution in [0.3, 0.4) is 0 Å². The Kier molecular flexibility index (Phi) is 2.91. The maximum absolute atomic E-state index is 12.4. The van der Waals surface area contributed by atoms with Crippen molar-refractivity contribution in [2.24, 2.45) is 0 Å². The highest BCUT2D eigenvalue weighted by molar-refractivity contribution is 7.89. The van der Waals surface area contributed by atoms with Gasteiger partial charge in [-0.05, 0) is 51.0 Å². The van der Waals surface area contributed by atoms with Crippen LogP contribution in [0.15, 0.2) is 29.2 Å². The first-order valence-electron chi connectivity index (χ1n) is 5.66.